The van der Waals surface area contributed by atoms with Gasteiger partial charge < -0.3 is 5.32 Å². The molecule has 0 saturated heterocycles. The monoisotopic (exact) mass is 347 g/mol. The lowest BCUT2D eigenvalue weighted by molar-refractivity contribution is 0.0436. The minimum absolute atomic E-state index is 0.704. The van der Waals surface area contributed by atoms with Crippen LogP contribution >= 0.6 is 0 Å². The summed E-state index contributed by atoms with van der Waals surface area (Å²) in [7, 11) is 0. The highest BCUT2D eigenvalue weighted by Gasteiger charge is 2.42. The molecule has 1 N–H and O–H groups in total. The van der Waals surface area contributed by atoms with Crippen molar-refractivity contribution in [3.8, 4) is 0 Å². The molecule has 0 aromatic rings. The van der Waals surface area contributed by atoms with Gasteiger partial charge in [0.05, 0.1) is 0 Å². The summed E-state index contributed by atoms with van der Waals surface area (Å²) < 4.78 is 0. The van der Waals surface area contributed by atoms with E-state index in [1.165, 1.54) is 64.2 Å². The summed E-state index contributed by atoms with van der Waals surface area (Å²) in [6, 6.07) is 1.50. The van der Waals surface area contributed by atoms with E-state index in [2.05, 4.69) is 39.9 Å². The van der Waals surface area contributed by atoms with E-state index in [0.717, 1.165) is 47.5 Å². The molecule has 25 heavy (non-hydrogen) atoms. The minimum Gasteiger partial charge on any atom is -0.311 e. The van der Waals surface area contributed by atoms with Gasteiger partial charge in [0.2, 0.25) is 0 Å². The van der Waals surface area contributed by atoms with E-state index in [0.29, 0.717) is 6.04 Å². The van der Waals surface area contributed by atoms with E-state index in [1.807, 2.05) is 0 Å². The Morgan fingerprint density at radius 3 is 2.36 bits per heavy atom. The van der Waals surface area contributed by atoms with Crippen LogP contribution in [0.15, 0.2) is 0 Å². The molecule has 0 aromatic heterocycles. The van der Waals surface area contributed by atoms with Gasteiger partial charge in [-0.25, -0.2) is 0 Å². The lowest BCUT2D eigenvalue weighted by Crippen LogP contribution is -2.54. The van der Waals surface area contributed by atoms with E-state index >= 15 is 0 Å². The second-order valence-corrected chi connectivity index (χ2v) is 10.3. The van der Waals surface area contributed by atoms with Gasteiger partial charge in [-0.05, 0) is 74.0 Å². The molecule has 0 amide bonds. The first-order valence-electron chi connectivity index (χ1n) is 11.8. The second kappa shape index (κ2) is 8.77. The molecular formula is C24H45N. The highest BCUT2D eigenvalue weighted by molar-refractivity contribution is 4.96. The zero-order chi connectivity index (χ0) is 18.0. The van der Waals surface area contributed by atoms with E-state index in [1.54, 1.807) is 0 Å². The van der Waals surface area contributed by atoms with Crippen LogP contribution in [0.4, 0.5) is 0 Å². The molecule has 9 atom stereocenters. The molecule has 0 aliphatic heterocycles. The molecule has 0 aromatic carbocycles. The largest absolute Gasteiger partial charge is 0.311 e. The van der Waals surface area contributed by atoms with Gasteiger partial charge in [-0.3, -0.25) is 0 Å². The summed E-state index contributed by atoms with van der Waals surface area (Å²) in [5.41, 5.74) is 0. The Morgan fingerprint density at radius 1 is 0.840 bits per heavy atom. The smallest absolute Gasteiger partial charge is 0.0126 e. The molecule has 0 heterocycles. The molecule has 9 unspecified atom stereocenters. The quantitative estimate of drug-likeness (QED) is 0.585. The molecule has 1 nitrogen and oxygen atoms in total. The van der Waals surface area contributed by atoms with Gasteiger partial charge in [0.1, 0.15) is 0 Å². The molecule has 0 radical (unpaired) electrons. The zero-order valence-electron chi connectivity index (χ0n) is 17.8. The van der Waals surface area contributed by atoms with E-state index in [9.17, 15) is 0 Å². The van der Waals surface area contributed by atoms with Crippen LogP contribution in [0.25, 0.3) is 0 Å². The molecule has 3 aliphatic carbocycles. The van der Waals surface area contributed by atoms with Crippen molar-refractivity contribution >= 4 is 0 Å². The van der Waals surface area contributed by atoms with Crippen molar-refractivity contribution in [2.45, 2.75) is 111 Å². The Balaban J connectivity index is 1.69. The van der Waals surface area contributed by atoms with Crippen LogP contribution in [-0.4, -0.2) is 12.1 Å². The van der Waals surface area contributed by atoms with Crippen molar-refractivity contribution in [3.63, 3.8) is 0 Å². The first-order chi connectivity index (χ1) is 12.0. The molecular weight excluding hydrogens is 302 g/mol. The second-order valence-electron chi connectivity index (χ2n) is 10.3. The molecule has 1 heteroatoms. The van der Waals surface area contributed by atoms with Crippen LogP contribution in [0.1, 0.15) is 98.8 Å². The molecule has 3 fully saturated rings. The van der Waals surface area contributed by atoms with Crippen LogP contribution in [0.3, 0.4) is 0 Å². The molecule has 3 aliphatic rings. The van der Waals surface area contributed by atoms with Crippen LogP contribution < -0.4 is 5.32 Å². The fourth-order valence-corrected chi connectivity index (χ4v) is 7.18. The summed E-state index contributed by atoms with van der Waals surface area (Å²) in [4.78, 5) is 0. The van der Waals surface area contributed by atoms with Crippen LogP contribution in [0, 0.1) is 41.4 Å². The predicted octanol–water partition coefficient (Wildman–Crippen LogP) is 6.67. The molecule has 0 bridgehead atoms. The average Bonchev–Trinajstić information content (AvgIpc) is 2.63. The van der Waals surface area contributed by atoms with Gasteiger partial charge in [0.25, 0.3) is 0 Å². The molecule has 146 valence electrons. The third-order valence-corrected chi connectivity index (χ3v) is 8.78. The van der Waals surface area contributed by atoms with Crippen LogP contribution in [0.2, 0.25) is 0 Å². The number of rotatable bonds is 5. The first-order valence-corrected chi connectivity index (χ1v) is 11.8. The summed E-state index contributed by atoms with van der Waals surface area (Å²) in [5, 5.41) is 4.27. The fourth-order valence-electron chi connectivity index (χ4n) is 7.18. The van der Waals surface area contributed by atoms with Gasteiger partial charge in [-0.2, -0.15) is 0 Å². The SMILES string of the molecule is CCC(C)C1C(C)CCCC1C(C)NC1C(C)CCC2CCCCC21. The van der Waals surface area contributed by atoms with Gasteiger partial charge in [0.15, 0.2) is 0 Å². The third kappa shape index (κ3) is 4.28. The van der Waals surface area contributed by atoms with Crippen molar-refractivity contribution in [1.82, 2.24) is 5.32 Å². The van der Waals surface area contributed by atoms with Crippen molar-refractivity contribution in [2.75, 3.05) is 0 Å². The van der Waals surface area contributed by atoms with Crippen molar-refractivity contribution < 1.29 is 0 Å². The standard InChI is InChI=1S/C24H45N/c1-6-16(2)23-17(3)10-9-13-21(23)19(5)25-24-18(4)14-15-20-11-7-8-12-22(20)24/h16-25H,6-15H2,1-5H3. The Hall–Kier alpha value is -0.0400. The predicted molar refractivity (Wildman–Crippen MR) is 110 cm³/mol. The van der Waals surface area contributed by atoms with Gasteiger partial charge in [-0.15, -0.1) is 0 Å². The Bertz CT molecular complexity index is 401. The maximum Gasteiger partial charge on any atom is 0.0126 e. The van der Waals surface area contributed by atoms with E-state index in [4.69, 9.17) is 0 Å². The van der Waals surface area contributed by atoms with Crippen LogP contribution in [0.5, 0.6) is 0 Å². The number of hydrogen-bond donors (Lipinski definition) is 1. The fraction of sp³-hybridized carbons (Fsp3) is 1.00. The normalized spacial score (nSPS) is 44.8. The van der Waals surface area contributed by atoms with Gasteiger partial charge in [0, 0.05) is 12.1 Å². The summed E-state index contributed by atoms with van der Waals surface area (Å²) in [6.45, 7) is 12.5. The van der Waals surface area contributed by atoms with Crippen molar-refractivity contribution in [1.29, 1.82) is 0 Å². The van der Waals surface area contributed by atoms with Crippen molar-refractivity contribution in [2.24, 2.45) is 41.4 Å². The lowest BCUT2D eigenvalue weighted by atomic mass is 9.63. The van der Waals surface area contributed by atoms with Gasteiger partial charge in [-0.1, -0.05) is 66.2 Å². The third-order valence-electron chi connectivity index (χ3n) is 8.78. The number of hydrogen-bond acceptors (Lipinski definition) is 1. The molecule has 0 spiro atoms. The molecule has 3 rings (SSSR count). The summed E-state index contributed by atoms with van der Waals surface area (Å²) >= 11 is 0. The minimum atomic E-state index is 0.704. The van der Waals surface area contributed by atoms with E-state index < -0.39 is 0 Å². The lowest BCUT2D eigenvalue weighted by Gasteiger charge is -2.49. The summed E-state index contributed by atoms with van der Waals surface area (Å²) in [6.07, 6.45) is 14.7. The van der Waals surface area contributed by atoms with Crippen molar-refractivity contribution in [3.05, 3.63) is 0 Å². The van der Waals surface area contributed by atoms with E-state index in [-0.39, 0.29) is 0 Å². The van der Waals surface area contributed by atoms with Gasteiger partial charge >= 0.3 is 0 Å². The topological polar surface area (TPSA) is 12.0 Å². The highest BCUT2D eigenvalue weighted by Crippen LogP contribution is 2.45. The zero-order valence-corrected chi connectivity index (χ0v) is 17.8. The summed E-state index contributed by atoms with van der Waals surface area (Å²) in [5.74, 6) is 6.52. The maximum absolute atomic E-state index is 4.27. The maximum atomic E-state index is 4.27. The number of nitrogens with one attached hydrogen (secondary N) is 1. The first kappa shape index (κ1) is 19.7. The Morgan fingerprint density at radius 2 is 1.60 bits per heavy atom. The highest BCUT2D eigenvalue weighted by atomic mass is 15.0. The Kier molecular flexibility index (Phi) is 6.91. The number of fused-ring (bicyclic) bond motifs is 1. The van der Waals surface area contributed by atoms with Crippen LogP contribution in [-0.2, 0) is 0 Å². The Labute approximate surface area is 158 Å². The average molecular weight is 348 g/mol. The molecule has 3 saturated carbocycles.